The van der Waals surface area contributed by atoms with Gasteiger partial charge in [0.25, 0.3) is 0 Å². The maximum absolute atomic E-state index is 5.45. The zero-order valence-electron chi connectivity index (χ0n) is 12.1. The summed E-state index contributed by atoms with van der Waals surface area (Å²) in [6.07, 6.45) is 2.86. The molecule has 0 aliphatic heterocycles. The van der Waals surface area contributed by atoms with Crippen molar-refractivity contribution in [2.24, 2.45) is 0 Å². The largest absolute Gasteiger partial charge is 0.497 e. The Labute approximate surface area is 111 Å². The SMILES string of the molecule is COc1ccc(OC#C[Si](C)(C)C(C)(C)C)cc1. The van der Waals surface area contributed by atoms with Gasteiger partial charge in [-0.15, -0.1) is 0 Å². The first-order valence-corrected chi connectivity index (χ1v) is 9.09. The van der Waals surface area contributed by atoms with E-state index in [1.807, 2.05) is 24.3 Å². The molecule has 0 aliphatic rings. The van der Waals surface area contributed by atoms with Crippen LogP contribution in [0.1, 0.15) is 20.8 Å². The van der Waals surface area contributed by atoms with Crippen LogP contribution >= 0.6 is 0 Å². The molecule has 1 rings (SSSR count). The number of ether oxygens (including phenoxy) is 2. The fourth-order valence-electron chi connectivity index (χ4n) is 1.04. The summed E-state index contributed by atoms with van der Waals surface area (Å²) in [4.78, 5) is 0. The lowest BCUT2D eigenvalue weighted by Crippen LogP contribution is -2.35. The number of rotatable bonds is 2. The lowest BCUT2D eigenvalue weighted by atomic mass is 10.2. The second kappa shape index (κ2) is 5.49. The van der Waals surface area contributed by atoms with Crippen molar-refractivity contribution in [2.75, 3.05) is 7.11 Å². The van der Waals surface area contributed by atoms with Crippen LogP contribution < -0.4 is 9.47 Å². The summed E-state index contributed by atoms with van der Waals surface area (Å²) in [6.45, 7) is 11.2. The third kappa shape index (κ3) is 3.81. The second-order valence-corrected chi connectivity index (χ2v) is 10.9. The fourth-order valence-corrected chi connectivity index (χ4v) is 1.72. The highest BCUT2D eigenvalue weighted by Gasteiger charge is 2.34. The van der Waals surface area contributed by atoms with Crippen molar-refractivity contribution < 1.29 is 9.47 Å². The van der Waals surface area contributed by atoms with Crippen LogP contribution in [-0.4, -0.2) is 15.2 Å². The lowest BCUT2D eigenvalue weighted by molar-refractivity contribution is 0.413. The van der Waals surface area contributed by atoms with E-state index in [0.29, 0.717) is 0 Å². The molecular formula is C15H22O2Si. The van der Waals surface area contributed by atoms with Gasteiger partial charge in [-0.25, -0.2) is 0 Å². The summed E-state index contributed by atoms with van der Waals surface area (Å²) >= 11 is 0. The van der Waals surface area contributed by atoms with Crippen molar-refractivity contribution in [2.45, 2.75) is 38.9 Å². The second-order valence-electron chi connectivity index (χ2n) is 5.88. The summed E-state index contributed by atoms with van der Waals surface area (Å²) in [5.74, 6) is 1.57. The molecule has 0 aliphatic carbocycles. The van der Waals surface area contributed by atoms with Gasteiger partial charge in [-0.2, -0.15) is 0 Å². The molecular weight excluding hydrogens is 240 g/mol. The van der Waals surface area contributed by atoms with E-state index in [2.05, 4.69) is 45.5 Å². The molecule has 3 heteroatoms. The molecule has 2 nitrogen and oxygen atoms in total. The average molecular weight is 262 g/mol. The first-order valence-electron chi connectivity index (χ1n) is 6.09. The average Bonchev–Trinajstić information content (AvgIpc) is 2.28. The molecule has 0 spiro atoms. The first kappa shape index (κ1) is 14.7. The van der Waals surface area contributed by atoms with Gasteiger partial charge in [0.05, 0.1) is 7.11 Å². The molecule has 1 aromatic rings. The molecule has 0 atom stereocenters. The van der Waals surface area contributed by atoms with Crippen LogP contribution in [0.2, 0.25) is 18.1 Å². The summed E-state index contributed by atoms with van der Waals surface area (Å²) in [5.41, 5.74) is 3.31. The van der Waals surface area contributed by atoms with Crippen LogP contribution in [0.5, 0.6) is 11.5 Å². The quantitative estimate of drug-likeness (QED) is 0.590. The number of hydrogen-bond donors (Lipinski definition) is 0. The van der Waals surface area contributed by atoms with Crippen LogP contribution in [0.4, 0.5) is 0 Å². The molecule has 0 saturated heterocycles. The predicted octanol–water partition coefficient (Wildman–Crippen LogP) is 4.08. The standard InChI is InChI=1S/C15H22O2Si/c1-15(2,3)18(5,6)12-11-17-14-9-7-13(16-4)8-10-14/h7-10H,1-6H3. The topological polar surface area (TPSA) is 18.5 Å². The summed E-state index contributed by atoms with van der Waals surface area (Å²) in [6, 6.07) is 7.45. The van der Waals surface area contributed by atoms with Crippen molar-refractivity contribution in [1.29, 1.82) is 0 Å². The molecule has 0 aromatic heterocycles. The molecule has 0 amide bonds. The first-order chi connectivity index (χ1) is 8.26. The third-order valence-electron chi connectivity index (χ3n) is 3.47. The van der Waals surface area contributed by atoms with E-state index in [0.717, 1.165) is 11.5 Å². The van der Waals surface area contributed by atoms with Crippen LogP contribution in [0.25, 0.3) is 0 Å². The number of benzene rings is 1. The smallest absolute Gasteiger partial charge is 0.142 e. The van der Waals surface area contributed by atoms with Crippen molar-refractivity contribution in [3.63, 3.8) is 0 Å². The van der Waals surface area contributed by atoms with Crippen LogP contribution in [0, 0.1) is 11.7 Å². The molecule has 0 radical (unpaired) electrons. The Kier molecular flexibility index (Phi) is 4.47. The molecule has 0 N–H and O–H groups in total. The predicted molar refractivity (Wildman–Crippen MR) is 78.6 cm³/mol. The third-order valence-corrected chi connectivity index (χ3v) is 7.94. The molecule has 0 fully saturated rings. The highest BCUT2D eigenvalue weighted by atomic mass is 28.3. The van der Waals surface area contributed by atoms with E-state index in [1.54, 1.807) is 7.11 Å². The maximum atomic E-state index is 5.45. The maximum Gasteiger partial charge on any atom is 0.142 e. The van der Waals surface area contributed by atoms with Crippen molar-refractivity contribution in [3.8, 4) is 23.1 Å². The van der Waals surface area contributed by atoms with Gasteiger partial charge in [0.2, 0.25) is 0 Å². The van der Waals surface area contributed by atoms with Crippen molar-refractivity contribution in [1.82, 2.24) is 0 Å². The van der Waals surface area contributed by atoms with E-state index >= 15 is 0 Å². The van der Waals surface area contributed by atoms with E-state index in [9.17, 15) is 0 Å². The summed E-state index contributed by atoms with van der Waals surface area (Å²) < 4.78 is 10.5. The summed E-state index contributed by atoms with van der Waals surface area (Å²) in [5, 5.41) is 0.253. The highest BCUT2D eigenvalue weighted by Crippen LogP contribution is 2.35. The van der Waals surface area contributed by atoms with Gasteiger partial charge in [0.1, 0.15) is 25.7 Å². The molecule has 0 heterocycles. The minimum absolute atomic E-state index is 0.253. The minimum atomic E-state index is -1.59. The van der Waals surface area contributed by atoms with Gasteiger partial charge in [-0.05, 0) is 29.3 Å². The Morgan fingerprint density at radius 2 is 1.50 bits per heavy atom. The number of hydrogen-bond acceptors (Lipinski definition) is 2. The summed E-state index contributed by atoms with van der Waals surface area (Å²) in [7, 11) is 0.0586. The zero-order valence-corrected chi connectivity index (χ0v) is 13.1. The highest BCUT2D eigenvalue weighted by molar-refractivity contribution is 6.87. The fraction of sp³-hybridized carbons (Fsp3) is 0.467. The van der Waals surface area contributed by atoms with Gasteiger partial charge < -0.3 is 9.47 Å². The normalized spacial score (nSPS) is 11.4. The van der Waals surface area contributed by atoms with Crippen LogP contribution in [0.3, 0.4) is 0 Å². The van der Waals surface area contributed by atoms with E-state index in [4.69, 9.17) is 9.47 Å². The Balaban J connectivity index is 2.71. The van der Waals surface area contributed by atoms with Gasteiger partial charge >= 0.3 is 0 Å². The Hall–Kier alpha value is -1.40. The Morgan fingerprint density at radius 1 is 1.00 bits per heavy atom. The zero-order chi connectivity index (χ0) is 13.8. The van der Waals surface area contributed by atoms with Crippen LogP contribution in [0.15, 0.2) is 24.3 Å². The van der Waals surface area contributed by atoms with Gasteiger partial charge in [0, 0.05) is 0 Å². The van der Waals surface area contributed by atoms with Crippen LogP contribution in [-0.2, 0) is 0 Å². The van der Waals surface area contributed by atoms with Crippen molar-refractivity contribution in [3.05, 3.63) is 24.3 Å². The van der Waals surface area contributed by atoms with E-state index < -0.39 is 8.07 Å². The molecule has 1 aromatic carbocycles. The van der Waals surface area contributed by atoms with Gasteiger partial charge in [0.15, 0.2) is 0 Å². The minimum Gasteiger partial charge on any atom is -0.497 e. The Morgan fingerprint density at radius 3 is 1.94 bits per heavy atom. The van der Waals surface area contributed by atoms with E-state index in [1.165, 1.54) is 0 Å². The van der Waals surface area contributed by atoms with Crippen molar-refractivity contribution >= 4 is 8.07 Å². The number of methoxy groups -OCH3 is 1. The molecule has 18 heavy (non-hydrogen) atoms. The van der Waals surface area contributed by atoms with Gasteiger partial charge in [-0.3, -0.25) is 0 Å². The molecule has 98 valence electrons. The molecule has 0 bridgehead atoms. The van der Waals surface area contributed by atoms with E-state index in [-0.39, 0.29) is 5.04 Å². The van der Waals surface area contributed by atoms with Gasteiger partial charge in [-0.1, -0.05) is 39.4 Å². The monoisotopic (exact) mass is 262 g/mol. The lowest BCUT2D eigenvalue weighted by Gasteiger charge is -2.31. The molecule has 0 saturated carbocycles. The Bertz CT molecular complexity index is 444. The molecule has 0 unspecified atom stereocenters.